The van der Waals surface area contributed by atoms with Gasteiger partial charge in [0.15, 0.2) is 16.6 Å². The maximum atomic E-state index is 14.7. The summed E-state index contributed by atoms with van der Waals surface area (Å²) in [4.78, 5) is 37.7. The van der Waals surface area contributed by atoms with Gasteiger partial charge in [-0.1, -0.05) is 32.4 Å². The second-order valence-electron chi connectivity index (χ2n) is 9.35. The summed E-state index contributed by atoms with van der Waals surface area (Å²) in [6.45, 7) is 8.55. The Labute approximate surface area is 195 Å². The first-order valence-corrected chi connectivity index (χ1v) is 11.5. The molecule has 3 aromatic rings. The van der Waals surface area contributed by atoms with E-state index in [1.807, 2.05) is 31.7 Å². The van der Waals surface area contributed by atoms with E-state index < -0.39 is 17.4 Å². The van der Waals surface area contributed by atoms with Gasteiger partial charge < -0.3 is 10.2 Å². The number of pyridine rings is 3. The molecule has 5 heterocycles. The summed E-state index contributed by atoms with van der Waals surface area (Å²) in [5, 5.41) is 2.95. The van der Waals surface area contributed by atoms with Gasteiger partial charge in [0.05, 0.1) is 17.1 Å². The van der Waals surface area contributed by atoms with Gasteiger partial charge in [-0.05, 0) is 49.3 Å². The van der Waals surface area contributed by atoms with Crippen molar-refractivity contribution < 1.29 is 9.18 Å². The third-order valence-corrected chi connectivity index (χ3v) is 6.88. The third kappa shape index (κ3) is 3.30. The van der Waals surface area contributed by atoms with Crippen molar-refractivity contribution in [3.8, 4) is 5.69 Å². The van der Waals surface area contributed by atoms with Crippen LogP contribution in [0.25, 0.3) is 16.7 Å². The van der Waals surface area contributed by atoms with Crippen molar-refractivity contribution in [3.63, 3.8) is 0 Å². The van der Waals surface area contributed by atoms with E-state index in [2.05, 4.69) is 22.2 Å². The van der Waals surface area contributed by atoms with Gasteiger partial charge in [0.2, 0.25) is 5.91 Å². The van der Waals surface area contributed by atoms with Crippen LogP contribution in [0, 0.1) is 18.7 Å². The van der Waals surface area contributed by atoms with E-state index in [9.17, 15) is 14.0 Å². The smallest absolute Gasteiger partial charge is 0.282 e. The van der Waals surface area contributed by atoms with Crippen LogP contribution in [0.4, 0.5) is 15.8 Å². The molecule has 0 radical (unpaired) electrons. The quantitative estimate of drug-likeness (QED) is 0.556. The number of hydrogen-bond donors (Lipinski definition) is 1. The lowest BCUT2D eigenvalue weighted by atomic mass is 9.90. The molecule has 5 rings (SSSR count). The third-order valence-electron chi connectivity index (χ3n) is 6.61. The van der Waals surface area contributed by atoms with Crippen LogP contribution < -0.4 is 15.8 Å². The molecule has 9 heteroatoms. The van der Waals surface area contributed by atoms with Gasteiger partial charge >= 0.3 is 0 Å². The highest BCUT2D eigenvalue weighted by atomic mass is 35.5. The number of aromatic nitrogens is 3. The SMILES string of the molecule is Cc1ccnc(C(C)C)c1-n1c(=O)c2c(c3cc(F)c(Cl)nc31)N1C[C@@H](C)CC[C@@H]1C(=O)N2. The molecule has 0 aliphatic carbocycles. The Hall–Kier alpha value is -3.00. The molecule has 7 nitrogen and oxygen atoms in total. The highest BCUT2D eigenvalue weighted by Gasteiger charge is 2.40. The van der Waals surface area contributed by atoms with E-state index >= 15 is 0 Å². The molecule has 2 aliphatic rings. The number of halogens is 2. The number of aryl methyl sites for hydroxylation is 1. The van der Waals surface area contributed by atoms with Crippen molar-refractivity contribution in [3.05, 3.63) is 50.9 Å². The summed E-state index contributed by atoms with van der Waals surface area (Å²) in [5.41, 5.74) is 2.55. The molecule has 3 aromatic heterocycles. The molecule has 1 fully saturated rings. The van der Waals surface area contributed by atoms with E-state index in [-0.39, 0.29) is 28.3 Å². The molecular formula is C24H25ClFN5O2. The molecular weight excluding hydrogens is 445 g/mol. The lowest BCUT2D eigenvalue weighted by Crippen LogP contribution is -2.54. The van der Waals surface area contributed by atoms with E-state index in [1.54, 1.807) is 6.20 Å². The minimum atomic E-state index is -0.679. The number of fused-ring (bicyclic) bond motifs is 5. The van der Waals surface area contributed by atoms with Crippen LogP contribution in [0.15, 0.2) is 23.1 Å². The lowest BCUT2D eigenvalue weighted by Gasteiger charge is -2.43. The predicted molar refractivity (Wildman–Crippen MR) is 127 cm³/mol. The molecule has 0 aromatic carbocycles. The number of nitrogens with zero attached hydrogens (tertiary/aromatic N) is 4. The first-order chi connectivity index (χ1) is 15.7. The van der Waals surface area contributed by atoms with Crippen molar-refractivity contribution in [2.24, 2.45) is 5.92 Å². The van der Waals surface area contributed by atoms with Gasteiger partial charge in [0, 0.05) is 18.1 Å². The van der Waals surface area contributed by atoms with Gasteiger partial charge in [-0.3, -0.25) is 19.1 Å². The van der Waals surface area contributed by atoms with Gasteiger partial charge in [-0.25, -0.2) is 9.37 Å². The van der Waals surface area contributed by atoms with Gasteiger partial charge in [0.25, 0.3) is 5.56 Å². The molecule has 0 spiro atoms. The molecule has 0 bridgehead atoms. The fourth-order valence-electron chi connectivity index (χ4n) is 5.03. The number of carbonyl (C=O) groups is 1. The first kappa shape index (κ1) is 21.8. The Bertz CT molecular complexity index is 1370. The van der Waals surface area contributed by atoms with Crippen LogP contribution in [-0.4, -0.2) is 33.0 Å². The van der Waals surface area contributed by atoms with Crippen LogP contribution in [0.5, 0.6) is 0 Å². The monoisotopic (exact) mass is 469 g/mol. The molecule has 2 atom stereocenters. The normalized spacial score (nSPS) is 20.1. The Morgan fingerprint density at radius 2 is 2.00 bits per heavy atom. The van der Waals surface area contributed by atoms with Crippen molar-refractivity contribution in [1.82, 2.24) is 14.5 Å². The van der Waals surface area contributed by atoms with E-state index in [4.69, 9.17) is 11.6 Å². The fourth-order valence-corrected chi connectivity index (χ4v) is 5.16. The van der Waals surface area contributed by atoms with Crippen LogP contribution in [0.3, 0.4) is 0 Å². The molecule has 1 N–H and O–H groups in total. The Kier molecular flexibility index (Phi) is 5.16. The maximum absolute atomic E-state index is 14.7. The number of anilines is 2. The zero-order valence-electron chi connectivity index (χ0n) is 18.9. The Morgan fingerprint density at radius 3 is 2.73 bits per heavy atom. The van der Waals surface area contributed by atoms with Crippen LogP contribution in [-0.2, 0) is 4.79 Å². The summed E-state index contributed by atoms with van der Waals surface area (Å²) in [7, 11) is 0. The van der Waals surface area contributed by atoms with Crippen LogP contribution in [0.1, 0.15) is 50.8 Å². The van der Waals surface area contributed by atoms with Crippen LogP contribution in [0.2, 0.25) is 5.15 Å². The van der Waals surface area contributed by atoms with E-state index in [1.165, 1.54) is 10.6 Å². The lowest BCUT2D eigenvalue weighted by molar-refractivity contribution is -0.118. The topological polar surface area (TPSA) is 80.1 Å². The van der Waals surface area contributed by atoms with E-state index in [0.717, 1.165) is 12.0 Å². The minimum absolute atomic E-state index is 0.00992. The van der Waals surface area contributed by atoms with Gasteiger partial charge in [-0.2, -0.15) is 0 Å². The van der Waals surface area contributed by atoms with Crippen molar-refractivity contribution >= 4 is 39.9 Å². The average Bonchev–Trinajstić information content (AvgIpc) is 2.76. The van der Waals surface area contributed by atoms with E-state index in [0.29, 0.717) is 41.3 Å². The Balaban J connectivity index is 1.94. The zero-order chi connectivity index (χ0) is 23.6. The summed E-state index contributed by atoms with van der Waals surface area (Å²) in [6, 6.07) is 2.72. The number of nitrogens with one attached hydrogen (secondary N) is 1. The molecule has 0 unspecified atom stereocenters. The van der Waals surface area contributed by atoms with Crippen molar-refractivity contribution in [1.29, 1.82) is 0 Å². The number of amides is 1. The van der Waals surface area contributed by atoms with Crippen LogP contribution >= 0.6 is 11.6 Å². The highest BCUT2D eigenvalue weighted by Crippen LogP contribution is 2.41. The minimum Gasteiger partial charge on any atom is -0.357 e. The molecule has 2 aliphatic heterocycles. The maximum Gasteiger partial charge on any atom is 0.282 e. The molecule has 1 saturated heterocycles. The zero-order valence-corrected chi connectivity index (χ0v) is 19.7. The number of rotatable bonds is 2. The van der Waals surface area contributed by atoms with Crippen molar-refractivity contribution in [2.75, 3.05) is 16.8 Å². The summed E-state index contributed by atoms with van der Waals surface area (Å²) >= 11 is 6.11. The number of carbonyl (C=O) groups excluding carboxylic acids is 1. The van der Waals surface area contributed by atoms with Gasteiger partial charge in [-0.15, -0.1) is 0 Å². The second-order valence-corrected chi connectivity index (χ2v) is 9.71. The largest absolute Gasteiger partial charge is 0.357 e. The number of piperidine rings is 1. The standard InChI is InChI=1S/C24H25ClFN5O2/c1-11(2)17-19(13(4)7-8-27-17)31-22-14(9-15(26)21(25)29-22)20-18(24(31)33)28-23(32)16-6-5-12(3)10-30(16)20/h7-9,11-12,16H,5-6,10H2,1-4H3,(H,28,32)/t12-,16+/m0/s1. The highest BCUT2D eigenvalue weighted by molar-refractivity contribution is 6.30. The van der Waals surface area contributed by atoms with Crippen molar-refractivity contribution in [2.45, 2.75) is 52.5 Å². The predicted octanol–water partition coefficient (Wildman–Crippen LogP) is 4.56. The molecule has 172 valence electrons. The Morgan fingerprint density at radius 1 is 1.24 bits per heavy atom. The average molecular weight is 470 g/mol. The van der Waals surface area contributed by atoms with Gasteiger partial charge in [0.1, 0.15) is 11.7 Å². The number of hydrogen-bond acceptors (Lipinski definition) is 5. The molecule has 0 saturated carbocycles. The fraction of sp³-hybridized carbons (Fsp3) is 0.417. The summed E-state index contributed by atoms with van der Waals surface area (Å²) < 4.78 is 16.1. The first-order valence-electron chi connectivity index (χ1n) is 11.2. The summed E-state index contributed by atoms with van der Waals surface area (Å²) in [6.07, 6.45) is 3.27. The second kappa shape index (κ2) is 7.80. The summed E-state index contributed by atoms with van der Waals surface area (Å²) in [5.74, 6) is -0.555. The molecule has 1 amide bonds. The molecule has 33 heavy (non-hydrogen) atoms.